The van der Waals surface area contributed by atoms with E-state index in [-0.39, 0.29) is 71.1 Å². The van der Waals surface area contributed by atoms with Gasteiger partial charge in [-0.05, 0) is 196 Å². The predicted octanol–water partition coefficient (Wildman–Crippen LogP) is 13.7. The maximum Gasteiger partial charge on any atom is 0.316 e. The average Bonchev–Trinajstić information content (AvgIpc) is 0.702. The van der Waals surface area contributed by atoms with Crippen molar-refractivity contribution in [1.29, 1.82) is 0 Å². The highest BCUT2D eigenvalue weighted by Crippen LogP contribution is 2.70. The predicted molar refractivity (Wildman–Crippen MR) is 346 cm³/mol. The molecule has 13 atom stereocenters. The van der Waals surface area contributed by atoms with Gasteiger partial charge in [-0.1, -0.05) is 137 Å². The lowest BCUT2D eigenvalue weighted by molar-refractivity contribution is -0.179. The molecule has 0 radical (unpaired) electrons. The number of hydrogen-bond acceptors (Lipinski definition) is 13. The molecule has 11 bridgehead atoms. The van der Waals surface area contributed by atoms with Crippen molar-refractivity contribution in [2.75, 3.05) is 31.8 Å². The smallest absolute Gasteiger partial charge is 0.316 e. The number of hydrogen-bond donors (Lipinski definition) is 5. The topological polar surface area (TPSA) is 164 Å². The molecular formula is C75H75NO10S2. The standard InChI is InChI=1S/C75H75NO10S2/c1-44(77)85-69-35-57-34-62-60-37-71(67(80)30-53(60)28-63-66(79)38-64-61-36-68(81)70(83-2)31-54(61)29-65(69)75(64,72(62)63)21-20-45-10-5-3-6-11-45)84-22-23-87-88-43-50-25-47-16-17-49(24-46-12-7-4-8-13-46)42-76-41-48-14-9-15-51(26-48)59-33-56(78)27-52-18-19-55(32-58(52)59)74(39-47,40-50)73(82)86-57/h3-15,18-21,26-27,30-33,36-37,47,49-50,57,62-66,69,72,76,78-81H,22-25,28-29,34-35,38-43H2,1-2H3. The van der Waals surface area contributed by atoms with E-state index in [0.717, 1.165) is 79.4 Å². The zero-order valence-corrected chi connectivity index (χ0v) is 51.4. The van der Waals surface area contributed by atoms with Crippen molar-refractivity contribution in [2.24, 2.45) is 40.9 Å². The summed E-state index contributed by atoms with van der Waals surface area (Å²) >= 11 is 0. The number of aliphatic hydroxyl groups excluding tert-OH is 1. The summed E-state index contributed by atoms with van der Waals surface area (Å²) in [6, 6.07) is 46.6. The van der Waals surface area contributed by atoms with Crippen LogP contribution in [0.5, 0.6) is 28.7 Å². The van der Waals surface area contributed by atoms with Crippen molar-refractivity contribution in [1.82, 2.24) is 5.32 Å². The highest BCUT2D eigenvalue weighted by molar-refractivity contribution is 8.76. The van der Waals surface area contributed by atoms with Crippen LogP contribution < -0.4 is 14.8 Å². The summed E-state index contributed by atoms with van der Waals surface area (Å²) in [5, 5.41) is 53.5. The SMILES string of the molecule is COc1cc2c(cc1O)C1CC(O)C3Cc4cc(O)c5cc4C4CC(CC(OC(C)=O)C(C2)C1(C=Cc1ccccc1)C43)OC(=O)C12CC(C#CC(Cc3ccccc3)CNCc3cccc(c3)-c3cc(O)cc4ccc1cc34)CC(CSSCCO5)C2. The Balaban J connectivity index is 0.973. The number of carbonyl (C=O) groups is 2. The minimum atomic E-state index is -1.21. The van der Waals surface area contributed by atoms with Gasteiger partial charge >= 0.3 is 11.9 Å². The van der Waals surface area contributed by atoms with Gasteiger partial charge in [0.1, 0.15) is 18.0 Å². The van der Waals surface area contributed by atoms with E-state index in [1.807, 2.05) is 60.7 Å². The molecule has 3 saturated carbocycles. The summed E-state index contributed by atoms with van der Waals surface area (Å²) in [5.74, 6) is 7.16. The lowest BCUT2D eigenvalue weighted by Gasteiger charge is -2.64. The third kappa shape index (κ3) is 11.0. The number of allylic oxidation sites excluding steroid dienone is 1. The molecule has 5 N–H and O–H groups in total. The van der Waals surface area contributed by atoms with E-state index >= 15 is 4.79 Å². The summed E-state index contributed by atoms with van der Waals surface area (Å²) < 4.78 is 26.7. The van der Waals surface area contributed by atoms with Crippen molar-refractivity contribution >= 4 is 50.4 Å². The number of ether oxygens (including phenoxy) is 4. The van der Waals surface area contributed by atoms with Crippen molar-refractivity contribution in [3.8, 4) is 51.7 Å². The molecule has 7 aromatic rings. The fourth-order valence-electron chi connectivity index (χ4n) is 17.2. The summed E-state index contributed by atoms with van der Waals surface area (Å²) in [5.41, 5.74) is 7.66. The molecule has 1 spiro atoms. The van der Waals surface area contributed by atoms with Crippen molar-refractivity contribution in [3.63, 3.8) is 0 Å². The zero-order chi connectivity index (χ0) is 60.3. The van der Waals surface area contributed by atoms with Crippen LogP contribution in [0.1, 0.15) is 102 Å². The van der Waals surface area contributed by atoms with Gasteiger partial charge in [-0.2, -0.15) is 0 Å². The Labute approximate surface area is 523 Å². The van der Waals surface area contributed by atoms with Gasteiger partial charge in [-0.15, -0.1) is 0 Å². The van der Waals surface area contributed by atoms with Gasteiger partial charge in [0.2, 0.25) is 0 Å². The molecule has 7 aliphatic rings. The molecule has 0 amide bonds. The van der Waals surface area contributed by atoms with Crippen LogP contribution in [0, 0.1) is 52.8 Å². The number of methoxy groups -OCH3 is 1. The molecule has 0 saturated heterocycles. The van der Waals surface area contributed by atoms with Gasteiger partial charge in [-0.25, -0.2) is 0 Å². The monoisotopic (exact) mass is 1210 g/mol. The number of phenols is 3. The first kappa shape index (κ1) is 58.3. The largest absolute Gasteiger partial charge is 0.508 e. The van der Waals surface area contributed by atoms with E-state index in [1.54, 1.807) is 34.8 Å². The lowest BCUT2D eigenvalue weighted by Crippen LogP contribution is -2.62. The summed E-state index contributed by atoms with van der Waals surface area (Å²) in [6.45, 7) is 3.09. The quantitative estimate of drug-likeness (QED) is 0.0608. The van der Waals surface area contributed by atoms with Crippen LogP contribution in [0.25, 0.3) is 28.0 Å². The van der Waals surface area contributed by atoms with Gasteiger partial charge < -0.3 is 44.7 Å². The minimum absolute atomic E-state index is 0.0106. The van der Waals surface area contributed by atoms with Crippen molar-refractivity contribution in [3.05, 3.63) is 190 Å². The first-order chi connectivity index (χ1) is 42.8. The number of aromatic hydroxyl groups is 3. The normalized spacial score (nSPS) is 29.9. The van der Waals surface area contributed by atoms with Gasteiger partial charge in [0, 0.05) is 61.1 Å². The number of aliphatic hydroxyl groups is 1. The van der Waals surface area contributed by atoms with Crippen LogP contribution in [-0.2, 0) is 50.3 Å². The number of phenolic OH excluding ortho intramolecular Hbond substituents is 3. The minimum Gasteiger partial charge on any atom is -0.508 e. The Morgan fingerprint density at radius 1 is 0.818 bits per heavy atom. The average molecular weight is 1210 g/mol. The summed E-state index contributed by atoms with van der Waals surface area (Å²) in [4.78, 5) is 31.0. The first-order valence-electron chi connectivity index (χ1n) is 31.4. The van der Waals surface area contributed by atoms with E-state index in [4.69, 9.17) is 18.9 Å². The second-order valence-corrected chi connectivity index (χ2v) is 28.6. The molecule has 7 aromatic carbocycles. The van der Waals surface area contributed by atoms with Crippen molar-refractivity contribution in [2.45, 2.75) is 107 Å². The Bertz CT molecular complexity index is 3900. The molecule has 452 valence electrons. The molecule has 14 rings (SSSR count). The molecule has 3 fully saturated rings. The Hall–Kier alpha value is -7.34. The summed E-state index contributed by atoms with van der Waals surface area (Å²) in [7, 11) is 5.04. The Morgan fingerprint density at radius 2 is 1.65 bits per heavy atom. The van der Waals surface area contributed by atoms with Crippen LogP contribution in [0.2, 0.25) is 0 Å². The van der Waals surface area contributed by atoms with Crippen LogP contribution in [0.15, 0.2) is 146 Å². The molecule has 2 aliphatic heterocycles. The van der Waals surface area contributed by atoms with E-state index < -0.39 is 41.0 Å². The molecule has 13 unspecified atom stereocenters. The number of carbonyl (C=O) groups excluding carboxylic acids is 2. The van der Waals surface area contributed by atoms with E-state index in [0.29, 0.717) is 75.5 Å². The third-order valence-corrected chi connectivity index (χ3v) is 23.3. The zero-order valence-electron chi connectivity index (χ0n) is 49.7. The van der Waals surface area contributed by atoms with E-state index in [9.17, 15) is 25.2 Å². The number of fused-ring (bicyclic) bond motifs is 10. The number of rotatable bonds is 6. The highest BCUT2D eigenvalue weighted by atomic mass is 33.1. The fourth-order valence-corrected chi connectivity index (χ4v) is 19.5. The molecule has 0 aromatic heterocycles. The molecule has 11 nitrogen and oxygen atoms in total. The lowest BCUT2D eigenvalue weighted by atomic mass is 9.40. The molecular weight excluding hydrogens is 1140 g/mol. The number of nitrogens with one attached hydrogen (secondary N) is 1. The molecule has 13 heteroatoms. The molecule has 88 heavy (non-hydrogen) atoms. The highest BCUT2D eigenvalue weighted by Gasteiger charge is 2.66. The fraction of sp³-hybridized carbons (Fsp3) is 0.387. The van der Waals surface area contributed by atoms with Crippen LogP contribution in [-0.4, -0.2) is 82.4 Å². The maximum atomic E-state index is 17.0. The Morgan fingerprint density at radius 3 is 2.48 bits per heavy atom. The molecule has 2 heterocycles. The summed E-state index contributed by atoms with van der Waals surface area (Å²) in [6.07, 6.45) is 6.33. The van der Waals surface area contributed by atoms with E-state index in [1.165, 1.54) is 12.5 Å². The number of benzene rings is 7. The van der Waals surface area contributed by atoms with Crippen LogP contribution >= 0.6 is 21.6 Å². The second-order valence-electron chi connectivity index (χ2n) is 26.0. The van der Waals surface area contributed by atoms with Crippen LogP contribution in [0.4, 0.5) is 0 Å². The second kappa shape index (κ2) is 24.2. The third-order valence-electron chi connectivity index (χ3n) is 20.8. The maximum absolute atomic E-state index is 17.0. The first-order valence-corrected chi connectivity index (χ1v) is 33.9. The van der Waals surface area contributed by atoms with Crippen LogP contribution in [0.3, 0.4) is 0 Å². The van der Waals surface area contributed by atoms with Gasteiger partial charge in [0.25, 0.3) is 0 Å². The number of esters is 2. The van der Waals surface area contributed by atoms with Crippen molar-refractivity contribution < 1.29 is 49.0 Å². The van der Waals surface area contributed by atoms with Gasteiger partial charge in [0.15, 0.2) is 23.0 Å². The van der Waals surface area contributed by atoms with Gasteiger partial charge in [0.05, 0.1) is 25.2 Å². The van der Waals surface area contributed by atoms with E-state index in [2.05, 4.69) is 102 Å². The van der Waals surface area contributed by atoms with Gasteiger partial charge in [-0.3, -0.25) is 9.59 Å². The molecule has 5 aliphatic carbocycles. The Kier molecular flexibility index (Phi) is 16.1.